The van der Waals surface area contributed by atoms with Crippen molar-refractivity contribution in [3.63, 3.8) is 0 Å². The van der Waals surface area contributed by atoms with Crippen LogP contribution in [0.25, 0.3) is 0 Å². The SMILES string of the molecule is N#Cc1c(F)cccc1NC(=O)NC1CC1. The van der Waals surface area contributed by atoms with Crippen molar-refractivity contribution in [1.82, 2.24) is 5.32 Å². The fourth-order valence-corrected chi connectivity index (χ4v) is 1.31. The predicted molar refractivity (Wildman–Crippen MR) is 56.3 cm³/mol. The highest BCUT2D eigenvalue weighted by atomic mass is 19.1. The first-order valence-corrected chi connectivity index (χ1v) is 4.97. The summed E-state index contributed by atoms with van der Waals surface area (Å²) in [7, 11) is 0. The number of nitriles is 1. The van der Waals surface area contributed by atoms with E-state index in [2.05, 4.69) is 10.6 Å². The van der Waals surface area contributed by atoms with Gasteiger partial charge in [0.15, 0.2) is 0 Å². The molecule has 1 aromatic carbocycles. The van der Waals surface area contributed by atoms with Crippen molar-refractivity contribution in [2.75, 3.05) is 5.32 Å². The number of rotatable bonds is 2. The van der Waals surface area contributed by atoms with Gasteiger partial charge in [0.1, 0.15) is 17.4 Å². The van der Waals surface area contributed by atoms with Gasteiger partial charge in [-0.2, -0.15) is 5.26 Å². The van der Waals surface area contributed by atoms with Crippen molar-refractivity contribution < 1.29 is 9.18 Å². The van der Waals surface area contributed by atoms with E-state index in [1.165, 1.54) is 18.2 Å². The number of nitrogens with zero attached hydrogens (tertiary/aromatic N) is 1. The van der Waals surface area contributed by atoms with Gasteiger partial charge in [-0.1, -0.05) is 6.07 Å². The van der Waals surface area contributed by atoms with Crippen LogP contribution in [0.2, 0.25) is 0 Å². The lowest BCUT2D eigenvalue weighted by atomic mass is 10.2. The minimum atomic E-state index is -0.633. The molecule has 4 nitrogen and oxygen atoms in total. The van der Waals surface area contributed by atoms with Crippen LogP contribution in [0.1, 0.15) is 18.4 Å². The summed E-state index contributed by atoms with van der Waals surface area (Å²) in [6.07, 6.45) is 1.95. The van der Waals surface area contributed by atoms with Crippen molar-refractivity contribution in [2.24, 2.45) is 0 Å². The number of carbonyl (C=O) groups is 1. The van der Waals surface area contributed by atoms with Crippen molar-refractivity contribution in [3.05, 3.63) is 29.6 Å². The maximum atomic E-state index is 13.2. The van der Waals surface area contributed by atoms with Crippen LogP contribution in [0.15, 0.2) is 18.2 Å². The Labute approximate surface area is 92.1 Å². The quantitative estimate of drug-likeness (QED) is 0.798. The molecule has 0 unspecified atom stereocenters. The number of anilines is 1. The number of hydrogen-bond acceptors (Lipinski definition) is 2. The number of benzene rings is 1. The Morgan fingerprint density at radius 3 is 2.88 bits per heavy atom. The van der Waals surface area contributed by atoms with Crippen molar-refractivity contribution >= 4 is 11.7 Å². The second-order valence-corrected chi connectivity index (χ2v) is 3.65. The zero-order chi connectivity index (χ0) is 11.5. The summed E-state index contributed by atoms with van der Waals surface area (Å²) in [5.41, 5.74) is 0.0501. The van der Waals surface area contributed by atoms with E-state index in [1.54, 1.807) is 6.07 Å². The molecule has 0 radical (unpaired) electrons. The van der Waals surface area contributed by atoms with E-state index < -0.39 is 11.8 Å². The molecule has 0 aliphatic heterocycles. The van der Waals surface area contributed by atoms with E-state index in [4.69, 9.17) is 5.26 Å². The van der Waals surface area contributed by atoms with E-state index in [9.17, 15) is 9.18 Å². The van der Waals surface area contributed by atoms with Crippen LogP contribution in [-0.4, -0.2) is 12.1 Å². The van der Waals surface area contributed by atoms with Gasteiger partial charge in [-0.3, -0.25) is 0 Å². The van der Waals surface area contributed by atoms with E-state index in [0.29, 0.717) is 0 Å². The Bertz CT molecular complexity index is 463. The van der Waals surface area contributed by atoms with Crippen molar-refractivity contribution in [2.45, 2.75) is 18.9 Å². The first-order chi connectivity index (χ1) is 7.70. The number of carbonyl (C=O) groups excluding carboxylic acids is 1. The maximum absolute atomic E-state index is 13.2. The van der Waals surface area contributed by atoms with Gasteiger partial charge in [0.2, 0.25) is 0 Å². The topological polar surface area (TPSA) is 64.9 Å². The third-order valence-electron chi connectivity index (χ3n) is 2.29. The van der Waals surface area contributed by atoms with E-state index in [1.807, 2.05) is 0 Å². The second kappa shape index (κ2) is 4.19. The van der Waals surface area contributed by atoms with Crippen LogP contribution in [0, 0.1) is 17.1 Å². The molecule has 1 aliphatic rings. The third-order valence-corrected chi connectivity index (χ3v) is 2.29. The molecule has 0 aromatic heterocycles. The summed E-state index contributed by atoms with van der Waals surface area (Å²) >= 11 is 0. The fourth-order valence-electron chi connectivity index (χ4n) is 1.31. The molecule has 2 amide bonds. The van der Waals surface area contributed by atoms with Gasteiger partial charge in [-0.05, 0) is 25.0 Å². The molecule has 1 aliphatic carbocycles. The summed E-state index contributed by atoms with van der Waals surface area (Å²) < 4.78 is 13.2. The Morgan fingerprint density at radius 1 is 1.50 bits per heavy atom. The molecule has 1 aromatic rings. The zero-order valence-corrected chi connectivity index (χ0v) is 8.46. The van der Waals surface area contributed by atoms with Gasteiger partial charge in [0.25, 0.3) is 0 Å². The summed E-state index contributed by atoms with van der Waals surface area (Å²) in [5, 5.41) is 13.9. The van der Waals surface area contributed by atoms with E-state index in [-0.39, 0.29) is 17.3 Å². The smallest absolute Gasteiger partial charge is 0.319 e. The number of amides is 2. The van der Waals surface area contributed by atoms with Crippen molar-refractivity contribution in [1.29, 1.82) is 5.26 Å². The van der Waals surface area contributed by atoms with Crippen molar-refractivity contribution in [3.8, 4) is 6.07 Å². The second-order valence-electron chi connectivity index (χ2n) is 3.65. The van der Waals surface area contributed by atoms with Crippen LogP contribution >= 0.6 is 0 Å². The normalized spacial score (nSPS) is 14.0. The van der Waals surface area contributed by atoms with Crippen LogP contribution in [0.3, 0.4) is 0 Å². The third kappa shape index (κ3) is 2.28. The number of urea groups is 1. The molecule has 0 atom stereocenters. The predicted octanol–water partition coefficient (Wildman–Crippen LogP) is 1.98. The molecule has 16 heavy (non-hydrogen) atoms. The van der Waals surface area contributed by atoms with E-state index in [0.717, 1.165) is 12.8 Å². The Balaban J connectivity index is 2.11. The van der Waals surface area contributed by atoms with Gasteiger partial charge in [-0.15, -0.1) is 0 Å². The van der Waals surface area contributed by atoms with Gasteiger partial charge in [0.05, 0.1) is 5.69 Å². The first kappa shape index (κ1) is 10.4. The lowest BCUT2D eigenvalue weighted by molar-refractivity contribution is 0.251. The highest BCUT2D eigenvalue weighted by molar-refractivity contribution is 5.91. The summed E-state index contributed by atoms with van der Waals surface area (Å²) in [4.78, 5) is 11.4. The van der Waals surface area contributed by atoms with Gasteiger partial charge < -0.3 is 10.6 Å². The van der Waals surface area contributed by atoms with Gasteiger partial charge >= 0.3 is 6.03 Å². The highest BCUT2D eigenvalue weighted by Crippen LogP contribution is 2.20. The Hall–Kier alpha value is -2.09. The minimum Gasteiger partial charge on any atom is -0.335 e. The maximum Gasteiger partial charge on any atom is 0.319 e. The lowest BCUT2D eigenvalue weighted by Crippen LogP contribution is -2.30. The molecule has 82 valence electrons. The fraction of sp³-hybridized carbons (Fsp3) is 0.273. The molecule has 0 saturated heterocycles. The highest BCUT2D eigenvalue weighted by Gasteiger charge is 2.23. The number of halogens is 1. The Kier molecular flexibility index (Phi) is 2.73. The first-order valence-electron chi connectivity index (χ1n) is 4.97. The lowest BCUT2D eigenvalue weighted by Gasteiger charge is -2.08. The largest absolute Gasteiger partial charge is 0.335 e. The van der Waals surface area contributed by atoms with Crippen LogP contribution in [-0.2, 0) is 0 Å². The number of nitrogens with one attached hydrogen (secondary N) is 2. The molecule has 2 N–H and O–H groups in total. The summed E-state index contributed by atoms with van der Waals surface area (Å²) in [5.74, 6) is -0.633. The van der Waals surface area contributed by atoms with Gasteiger partial charge in [0, 0.05) is 6.04 Å². The number of hydrogen-bond donors (Lipinski definition) is 2. The monoisotopic (exact) mass is 219 g/mol. The molecule has 1 fully saturated rings. The van der Waals surface area contributed by atoms with E-state index >= 15 is 0 Å². The van der Waals surface area contributed by atoms with Crippen LogP contribution in [0.5, 0.6) is 0 Å². The average Bonchev–Trinajstić information content (AvgIpc) is 3.02. The zero-order valence-electron chi connectivity index (χ0n) is 8.46. The summed E-state index contributed by atoms with van der Waals surface area (Å²) in [6, 6.07) is 5.67. The molecule has 0 spiro atoms. The Morgan fingerprint density at radius 2 is 2.25 bits per heavy atom. The molecule has 5 heteroatoms. The molecular weight excluding hydrogens is 209 g/mol. The molecule has 2 rings (SSSR count). The standard InChI is InChI=1S/C11H10FN3O/c12-9-2-1-3-10(8(9)6-13)15-11(16)14-7-4-5-7/h1-3,7H,4-5H2,(H2,14,15,16). The van der Waals surface area contributed by atoms with Crippen LogP contribution < -0.4 is 10.6 Å². The summed E-state index contributed by atoms with van der Waals surface area (Å²) in [6.45, 7) is 0. The molecular formula is C11H10FN3O. The minimum absolute atomic E-state index is 0.145. The molecule has 1 saturated carbocycles. The molecule has 0 bridgehead atoms. The average molecular weight is 219 g/mol. The van der Waals surface area contributed by atoms with Gasteiger partial charge in [-0.25, -0.2) is 9.18 Å². The molecule has 0 heterocycles. The van der Waals surface area contributed by atoms with Crippen LogP contribution in [0.4, 0.5) is 14.9 Å².